The molecule has 2 rings (SSSR count). The van der Waals surface area contributed by atoms with E-state index in [-0.39, 0.29) is 6.61 Å². The van der Waals surface area contributed by atoms with Crippen molar-refractivity contribution in [1.29, 1.82) is 0 Å². The first-order valence-electron chi connectivity index (χ1n) is 4.88. The fourth-order valence-electron chi connectivity index (χ4n) is 1.51. The molecule has 0 aliphatic carbocycles. The van der Waals surface area contributed by atoms with Crippen molar-refractivity contribution in [1.82, 2.24) is 4.98 Å². The van der Waals surface area contributed by atoms with Gasteiger partial charge in [-0.05, 0) is 24.6 Å². The standard InChI is InChI=1S/C12H14N2O/c1-12(13,8-15)10-5-4-9-3-2-6-14-11(9)7-10/h2-7,15H,8,13H2,1H3. The van der Waals surface area contributed by atoms with Crippen LogP contribution in [0.3, 0.4) is 0 Å². The maximum Gasteiger partial charge on any atom is 0.0705 e. The third-order valence-electron chi connectivity index (χ3n) is 2.59. The summed E-state index contributed by atoms with van der Waals surface area (Å²) >= 11 is 0. The Bertz CT molecular complexity index is 480. The molecule has 0 bridgehead atoms. The van der Waals surface area contributed by atoms with Gasteiger partial charge in [0.2, 0.25) is 0 Å². The van der Waals surface area contributed by atoms with E-state index in [1.165, 1.54) is 0 Å². The van der Waals surface area contributed by atoms with Gasteiger partial charge in [0.1, 0.15) is 0 Å². The molecule has 2 aromatic rings. The number of fused-ring (bicyclic) bond motifs is 1. The van der Waals surface area contributed by atoms with Crippen molar-refractivity contribution in [3.63, 3.8) is 0 Å². The van der Waals surface area contributed by atoms with Crippen molar-refractivity contribution >= 4 is 10.9 Å². The van der Waals surface area contributed by atoms with Crippen LogP contribution in [0.2, 0.25) is 0 Å². The van der Waals surface area contributed by atoms with Gasteiger partial charge in [0.05, 0.1) is 17.7 Å². The predicted octanol–water partition coefficient (Wildman–Crippen LogP) is 1.40. The van der Waals surface area contributed by atoms with E-state index in [1.807, 2.05) is 30.3 Å². The highest BCUT2D eigenvalue weighted by molar-refractivity contribution is 5.79. The summed E-state index contributed by atoms with van der Waals surface area (Å²) in [5.41, 5.74) is 7.05. The lowest BCUT2D eigenvalue weighted by atomic mass is 9.93. The molecule has 1 aromatic carbocycles. The van der Waals surface area contributed by atoms with Crippen LogP contribution in [0.1, 0.15) is 12.5 Å². The number of hydrogen-bond acceptors (Lipinski definition) is 3. The van der Waals surface area contributed by atoms with E-state index >= 15 is 0 Å². The summed E-state index contributed by atoms with van der Waals surface area (Å²) in [7, 11) is 0. The van der Waals surface area contributed by atoms with Crippen LogP contribution in [0.5, 0.6) is 0 Å². The minimum atomic E-state index is -0.703. The average molecular weight is 202 g/mol. The molecular weight excluding hydrogens is 188 g/mol. The lowest BCUT2D eigenvalue weighted by Crippen LogP contribution is -2.36. The zero-order chi connectivity index (χ0) is 10.9. The van der Waals surface area contributed by atoms with Crippen LogP contribution in [0.15, 0.2) is 36.5 Å². The third kappa shape index (κ3) is 1.84. The molecular formula is C12H14N2O. The highest BCUT2D eigenvalue weighted by atomic mass is 16.3. The number of rotatable bonds is 2. The largest absolute Gasteiger partial charge is 0.394 e. The van der Waals surface area contributed by atoms with Crippen LogP contribution >= 0.6 is 0 Å². The Hall–Kier alpha value is -1.45. The van der Waals surface area contributed by atoms with Gasteiger partial charge in [-0.1, -0.05) is 18.2 Å². The van der Waals surface area contributed by atoms with Gasteiger partial charge in [-0.2, -0.15) is 0 Å². The second-order valence-electron chi connectivity index (χ2n) is 3.99. The van der Waals surface area contributed by atoms with Crippen LogP contribution in [0, 0.1) is 0 Å². The number of pyridine rings is 1. The van der Waals surface area contributed by atoms with Crippen LogP contribution in [-0.2, 0) is 5.54 Å². The molecule has 0 amide bonds. The summed E-state index contributed by atoms with van der Waals surface area (Å²) in [6, 6.07) is 9.72. The van der Waals surface area contributed by atoms with Crippen molar-refractivity contribution in [2.75, 3.05) is 6.61 Å². The van der Waals surface area contributed by atoms with E-state index < -0.39 is 5.54 Å². The van der Waals surface area contributed by atoms with E-state index in [2.05, 4.69) is 4.98 Å². The Morgan fingerprint density at radius 3 is 2.93 bits per heavy atom. The number of aromatic nitrogens is 1. The Morgan fingerprint density at radius 1 is 1.40 bits per heavy atom. The number of nitrogens with two attached hydrogens (primary N) is 1. The molecule has 3 nitrogen and oxygen atoms in total. The Labute approximate surface area is 88.6 Å². The van der Waals surface area contributed by atoms with Gasteiger partial charge in [-0.25, -0.2) is 0 Å². The second kappa shape index (κ2) is 3.61. The smallest absolute Gasteiger partial charge is 0.0705 e. The lowest BCUT2D eigenvalue weighted by Gasteiger charge is -2.22. The van der Waals surface area contributed by atoms with Crippen molar-refractivity contribution in [3.05, 3.63) is 42.1 Å². The molecule has 0 saturated carbocycles. The number of hydrogen-bond donors (Lipinski definition) is 2. The molecule has 0 fully saturated rings. The van der Waals surface area contributed by atoms with Crippen molar-refractivity contribution in [3.8, 4) is 0 Å². The molecule has 0 aliphatic rings. The Morgan fingerprint density at radius 2 is 2.20 bits per heavy atom. The molecule has 3 heteroatoms. The quantitative estimate of drug-likeness (QED) is 0.774. The average Bonchev–Trinajstić information content (AvgIpc) is 2.28. The third-order valence-corrected chi connectivity index (χ3v) is 2.59. The van der Waals surface area contributed by atoms with E-state index in [9.17, 15) is 5.11 Å². The minimum Gasteiger partial charge on any atom is -0.394 e. The van der Waals surface area contributed by atoms with E-state index in [1.54, 1.807) is 13.1 Å². The molecule has 1 unspecified atom stereocenters. The first-order valence-corrected chi connectivity index (χ1v) is 4.88. The zero-order valence-corrected chi connectivity index (χ0v) is 8.64. The number of aliphatic hydroxyl groups excluding tert-OH is 1. The summed E-state index contributed by atoms with van der Waals surface area (Å²) in [5, 5.41) is 10.3. The minimum absolute atomic E-state index is 0.0780. The topological polar surface area (TPSA) is 59.1 Å². The van der Waals surface area contributed by atoms with Gasteiger partial charge in [0.15, 0.2) is 0 Å². The normalized spacial score (nSPS) is 15.1. The van der Waals surface area contributed by atoms with Crippen LogP contribution in [-0.4, -0.2) is 16.7 Å². The summed E-state index contributed by atoms with van der Waals surface area (Å²) in [6.07, 6.45) is 1.75. The van der Waals surface area contributed by atoms with Gasteiger partial charge < -0.3 is 10.8 Å². The fraction of sp³-hybridized carbons (Fsp3) is 0.250. The molecule has 78 valence electrons. The van der Waals surface area contributed by atoms with Gasteiger partial charge in [-0.15, -0.1) is 0 Å². The molecule has 0 saturated heterocycles. The zero-order valence-electron chi connectivity index (χ0n) is 8.64. The van der Waals surface area contributed by atoms with Crippen molar-refractivity contribution in [2.45, 2.75) is 12.5 Å². The molecule has 1 heterocycles. The number of benzene rings is 1. The van der Waals surface area contributed by atoms with Crippen molar-refractivity contribution in [2.24, 2.45) is 5.73 Å². The monoisotopic (exact) mass is 202 g/mol. The molecule has 0 aliphatic heterocycles. The molecule has 1 atom stereocenters. The predicted molar refractivity (Wildman–Crippen MR) is 60.4 cm³/mol. The summed E-state index contributed by atoms with van der Waals surface area (Å²) in [4.78, 5) is 4.25. The van der Waals surface area contributed by atoms with Gasteiger partial charge in [-0.3, -0.25) is 4.98 Å². The van der Waals surface area contributed by atoms with Crippen molar-refractivity contribution < 1.29 is 5.11 Å². The van der Waals surface area contributed by atoms with Gasteiger partial charge in [0, 0.05) is 11.6 Å². The van der Waals surface area contributed by atoms with Gasteiger partial charge >= 0.3 is 0 Å². The molecule has 1 aromatic heterocycles. The summed E-state index contributed by atoms with van der Waals surface area (Å²) in [5.74, 6) is 0. The summed E-state index contributed by atoms with van der Waals surface area (Å²) < 4.78 is 0. The SMILES string of the molecule is CC(N)(CO)c1ccc2cccnc2c1. The second-order valence-corrected chi connectivity index (χ2v) is 3.99. The lowest BCUT2D eigenvalue weighted by molar-refractivity contribution is 0.210. The molecule has 0 radical (unpaired) electrons. The molecule has 3 N–H and O–H groups in total. The first kappa shape index (κ1) is 10.1. The van der Waals surface area contributed by atoms with E-state index in [4.69, 9.17) is 5.73 Å². The number of nitrogens with zero attached hydrogens (tertiary/aromatic N) is 1. The summed E-state index contributed by atoms with van der Waals surface area (Å²) in [6.45, 7) is 1.72. The highest BCUT2D eigenvalue weighted by Gasteiger charge is 2.19. The maximum absolute atomic E-state index is 9.17. The number of aliphatic hydroxyl groups is 1. The van der Waals surface area contributed by atoms with Gasteiger partial charge in [0.25, 0.3) is 0 Å². The molecule has 0 spiro atoms. The molecule has 15 heavy (non-hydrogen) atoms. The Kier molecular flexibility index (Phi) is 2.42. The van der Waals surface area contributed by atoms with Crippen LogP contribution < -0.4 is 5.73 Å². The fourth-order valence-corrected chi connectivity index (χ4v) is 1.51. The maximum atomic E-state index is 9.17. The van der Waals surface area contributed by atoms with Crippen LogP contribution in [0.4, 0.5) is 0 Å². The van der Waals surface area contributed by atoms with E-state index in [0.717, 1.165) is 16.5 Å². The Balaban J connectivity index is 2.56. The highest BCUT2D eigenvalue weighted by Crippen LogP contribution is 2.21. The van der Waals surface area contributed by atoms with Crippen LogP contribution in [0.25, 0.3) is 10.9 Å². The first-order chi connectivity index (χ1) is 7.13. The van der Waals surface area contributed by atoms with E-state index in [0.29, 0.717) is 0 Å².